The second-order valence-corrected chi connectivity index (χ2v) is 8.71. The minimum absolute atomic E-state index is 0.0331. The normalized spacial score (nSPS) is 22.0. The number of amides is 1. The molecule has 30 heavy (non-hydrogen) atoms. The smallest absolute Gasteiger partial charge is 0.295 e. The Bertz CT molecular complexity index is 1030. The molecule has 1 amide bonds. The number of carbonyl (C=O) groups is 2. The van der Waals surface area contributed by atoms with E-state index < -0.39 is 17.7 Å². The average Bonchev–Trinajstić information content (AvgIpc) is 3.01. The van der Waals surface area contributed by atoms with Crippen LogP contribution < -0.4 is 0 Å². The highest BCUT2D eigenvalue weighted by Crippen LogP contribution is 2.43. The Labute approximate surface area is 178 Å². The van der Waals surface area contributed by atoms with Gasteiger partial charge in [0.25, 0.3) is 11.7 Å². The lowest BCUT2D eigenvalue weighted by Gasteiger charge is -2.35. The molecule has 1 aliphatic carbocycles. The summed E-state index contributed by atoms with van der Waals surface area (Å²) >= 11 is 0. The van der Waals surface area contributed by atoms with E-state index in [0.717, 1.165) is 54.4 Å². The molecule has 2 fully saturated rings. The van der Waals surface area contributed by atoms with Crippen LogP contribution in [0.25, 0.3) is 5.76 Å². The van der Waals surface area contributed by atoms with Gasteiger partial charge < -0.3 is 10.0 Å². The van der Waals surface area contributed by atoms with Crippen molar-refractivity contribution < 1.29 is 14.7 Å². The van der Waals surface area contributed by atoms with Gasteiger partial charge in [-0.1, -0.05) is 61.2 Å². The summed E-state index contributed by atoms with van der Waals surface area (Å²) in [7, 11) is 0. The summed E-state index contributed by atoms with van der Waals surface area (Å²) in [6.07, 6.45) is 5.09. The minimum Gasteiger partial charge on any atom is -0.507 e. The largest absolute Gasteiger partial charge is 0.507 e. The monoisotopic (exact) mass is 403 g/mol. The van der Waals surface area contributed by atoms with Gasteiger partial charge in [0.1, 0.15) is 5.76 Å². The first kappa shape index (κ1) is 20.4. The maximum atomic E-state index is 13.2. The van der Waals surface area contributed by atoms with Gasteiger partial charge in [0.15, 0.2) is 0 Å². The van der Waals surface area contributed by atoms with E-state index in [2.05, 4.69) is 0 Å². The summed E-state index contributed by atoms with van der Waals surface area (Å²) < 4.78 is 0. The molecule has 1 N–H and O–H groups in total. The quantitative estimate of drug-likeness (QED) is 0.426. The molecule has 2 aliphatic rings. The van der Waals surface area contributed by atoms with E-state index in [-0.39, 0.29) is 17.4 Å². The predicted molar refractivity (Wildman–Crippen MR) is 118 cm³/mol. The van der Waals surface area contributed by atoms with Crippen molar-refractivity contribution in [3.8, 4) is 0 Å². The fraction of sp³-hybridized carbons (Fsp3) is 0.385. The highest BCUT2D eigenvalue weighted by atomic mass is 16.3. The number of benzene rings is 2. The van der Waals surface area contributed by atoms with E-state index in [1.54, 1.807) is 4.90 Å². The molecular formula is C26H29NO3. The molecule has 0 radical (unpaired) electrons. The summed E-state index contributed by atoms with van der Waals surface area (Å²) in [6, 6.07) is 13.0. The van der Waals surface area contributed by atoms with E-state index in [4.69, 9.17) is 0 Å². The number of likely N-dealkylation sites (tertiary alicyclic amines) is 1. The first-order valence-corrected chi connectivity index (χ1v) is 10.8. The Morgan fingerprint density at radius 2 is 1.67 bits per heavy atom. The average molecular weight is 404 g/mol. The lowest BCUT2D eigenvalue weighted by atomic mass is 9.90. The molecule has 2 aromatic rings. The molecule has 1 saturated heterocycles. The van der Waals surface area contributed by atoms with Crippen LogP contribution in [0.2, 0.25) is 0 Å². The van der Waals surface area contributed by atoms with Crippen LogP contribution in [-0.2, 0) is 9.59 Å². The van der Waals surface area contributed by atoms with E-state index in [1.165, 1.54) is 0 Å². The second-order valence-electron chi connectivity index (χ2n) is 8.71. The summed E-state index contributed by atoms with van der Waals surface area (Å²) in [4.78, 5) is 28.1. The molecule has 2 aromatic carbocycles. The molecule has 0 bridgehead atoms. The molecule has 156 valence electrons. The van der Waals surface area contributed by atoms with Crippen molar-refractivity contribution in [1.29, 1.82) is 0 Å². The fourth-order valence-electron chi connectivity index (χ4n) is 4.80. The van der Waals surface area contributed by atoms with Gasteiger partial charge in [-0.15, -0.1) is 0 Å². The van der Waals surface area contributed by atoms with Crippen molar-refractivity contribution >= 4 is 17.4 Å². The van der Waals surface area contributed by atoms with Gasteiger partial charge in [-0.2, -0.15) is 0 Å². The number of Topliss-reactive ketones (excluding diaryl/α,β-unsaturated/α-hetero) is 1. The Kier molecular flexibility index (Phi) is 5.50. The van der Waals surface area contributed by atoms with Gasteiger partial charge in [0.05, 0.1) is 11.6 Å². The number of aryl methyl sites for hydroxylation is 3. The Morgan fingerprint density at radius 1 is 0.933 bits per heavy atom. The molecule has 4 rings (SSSR count). The third-order valence-corrected chi connectivity index (χ3v) is 6.59. The van der Waals surface area contributed by atoms with Crippen molar-refractivity contribution in [3.05, 3.63) is 75.9 Å². The van der Waals surface area contributed by atoms with Crippen molar-refractivity contribution in [2.24, 2.45) is 0 Å². The summed E-state index contributed by atoms with van der Waals surface area (Å²) in [5.74, 6) is -1.15. The Morgan fingerprint density at radius 3 is 2.33 bits per heavy atom. The van der Waals surface area contributed by atoms with Gasteiger partial charge in [0.2, 0.25) is 0 Å². The Hall–Kier alpha value is -2.88. The number of rotatable bonds is 3. The molecule has 4 nitrogen and oxygen atoms in total. The van der Waals surface area contributed by atoms with Crippen LogP contribution in [0.3, 0.4) is 0 Å². The molecule has 1 aliphatic heterocycles. The zero-order valence-corrected chi connectivity index (χ0v) is 17.9. The molecule has 1 atom stereocenters. The van der Waals surface area contributed by atoms with Crippen LogP contribution in [0.1, 0.15) is 66.0 Å². The van der Waals surface area contributed by atoms with Crippen LogP contribution >= 0.6 is 0 Å². The number of ketones is 1. The summed E-state index contributed by atoms with van der Waals surface area (Å²) in [5.41, 5.74) is 4.88. The van der Waals surface area contributed by atoms with E-state index in [9.17, 15) is 14.7 Å². The standard InChI is InChI=1S/C26H29NO3/c1-16-8-7-9-19(14-16)23-22(24(28)20-13-12-17(2)18(3)15-20)25(29)26(30)27(23)21-10-5-4-6-11-21/h7-9,12-15,21,23,28H,4-6,10-11H2,1-3H3/b24-22-. The van der Waals surface area contributed by atoms with E-state index >= 15 is 0 Å². The number of hydrogen-bond acceptors (Lipinski definition) is 3. The lowest BCUT2D eigenvalue weighted by Crippen LogP contribution is -2.40. The topological polar surface area (TPSA) is 57.6 Å². The predicted octanol–water partition coefficient (Wildman–Crippen LogP) is 5.37. The maximum absolute atomic E-state index is 13.2. The second kappa shape index (κ2) is 8.10. The van der Waals surface area contributed by atoms with Crippen molar-refractivity contribution in [3.63, 3.8) is 0 Å². The van der Waals surface area contributed by atoms with E-state index in [1.807, 2.05) is 63.2 Å². The van der Waals surface area contributed by atoms with Crippen LogP contribution in [0, 0.1) is 20.8 Å². The van der Waals surface area contributed by atoms with E-state index in [0.29, 0.717) is 5.56 Å². The third-order valence-electron chi connectivity index (χ3n) is 6.59. The van der Waals surface area contributed by atoms with Gasteiger partial charge in [-0.3, -0.25) is 9.59 Å². The van der Waals surface area contributed by atoms with Gasteiger partial charge in [-0.05, 0) is 56.4 Å². The first-order chi connectivity index (χ1) is 14.4. The van der Waals surface area contributed by atoms with Crippen LogP contribution in [0.15, 0.2) is 48.0 Å². The molecule has 1 heterocycles. The lowest BCUT2D eigenvalue weighted by molar-refractivity contribution is -0.141. The first-order valence-electron chi connectivity index (χ1n) is 10.8. The molecule has 0 aromatic heterocycles. The third kappa shape index (κ3) is 3.55. The van der Waals surface area contributed by atoms with Crippen LogP contribution in [0.5, 0.6) is 0 Å². The summed E-state index contributed by atoms with van der Waals surface area (Å²) in [5, 5.41) is 11.2. The summed E-state index contributed by atoms with van der Waals surface area (Å²) in [6.45, 7) is 5.98. The van der Waals surface area contributed by atoms with Gasteiger partial charge in [-0.25, -0.2) is 0 Å². The highest BCUT2D eigenvalue weighted by molar-refractivity contribution is 6.46. The minimum atomic E-state index is -0.581. The van der Waals surface area contributed by atoms with Crippen molar-refractivity contribution in [2.75, 3.05) is 0 Å². The van der Waals surface area contributed by atoms with Crippen LogP contribution in [0.4, 0.5) is 0 Å². The number of hydrogen-bond donors (Lipinski definition) is 1. The molecule has 4 heteroatoms. The highest BCUT2D eigenvalue weighted by Gasteiger charge is 2.48. The molecule has 1 saturated carbocycles. The molecule has 1 unspecified atom stereocenters. The zero-order valence-electron chi connectivity index (χ0n) is 17.9. The number of carbonyl (C=O) groups excluding carboxylic acids is 2. The SMILES string of the molecule is Cc1cccc(C2/C(=C(/O)c3ccc(C)c(C)c3)C(=O)C(=O)N2C2CCCCC2)c1. The van der Waals surface area contributed by atoms with Crippen LogP contribution in [-0.4, -0.2) is 27.7 Å². The number of aliphatic hydroxyl groups is 1. The van der Waals surface area contributed by atoms with Crippen molar-refractivity contribution in [1.82, 2.24) is 4.90 Å². The maximum Gasteiger partial charge on any atom is 0.295 e. The Balaban J connectivity index is 1.89. The van der Waals surface area contributed by atoms with Gasteiger partial charge in [0, 0.05) is 11.6 Å². The fourth-order valence-corrected chi connectivity index (χ4v) is 4.80. The zero-order chi connectivity index (χ0) is 21.4. The molecular weight excluding hydrogens is 374 g/mol. The number of nitrogens with zero attached hydrogens (tertiary/aromatic N) is 1. The number of aliphatic hydroxyl groups excluding tert-OH is 1. The van der Waals surface area contributed by atoms with Gasteiger partial charge >= 0.3 is 0 Å². The molecule has 0 spiro atoms. The van der Waals surface area contributed by atoms with Crippen molar-refractivity contribution in [2.45, 2.75) is 65.0 Å².